The molecule has 1 aromatic rings. The molecule has 0 fully saturated rings. The van der Waals surface area contributed by atoms with Crippen LogP contribution < -0.4 is 0 Å². The second-order valence-electron chi connectivity index (χ2n) is 4.99. The summed E-state index contributed by atoms with van der Waals surface area (Å²) in [6.45, 7) is 7.04. The second-order valence-corrected chi connectivity index (χ2v) is 4.99. The van der Waals surface area contributed by atoms with Crippen LogP contribution in [0.2, 0.25) is 0 Å². The van der Waals surface area contributed by atoms with Crippen LogP contribution in [0.5, 0.6) is 0 Å². The molecule has 4 heteroatoms. The first-order valence-electron chi connectivity index (χ1n) is 5.61. The van der Waals surface area contributed by atoms with E-state index >= 15 is 0 Å². The predicted octanol–water partition coefficient (Wildman–Crippen LogP) is 2.87. The molecule has 0 aliphatic heterocycles. The van der Waals surface area contributed by atoms with Crippen molar-refractivity contribution in [3.8, 4) is 6.07 Å². The molecule has 0 atom stereocenters. The zero-order valence-corrected chi connectivity index (χ0v) is 11.0. The fourth-order valence-corrected chi connectivity index (χ4v) is 1.09. The molecule has 0 aromatic heterocycles. The van der Waals surface area contributed by atoms with E-state index < -0.39 is 5.41 Å². The summed E-state index contributed by atoms with van der Waals surface area (Å²) in [7, 11) is 0. The van der Waals surface area contributed by atoms with Crippen molar-refractivity contribution in [2.24, 2.45) is 10.6 Å². The Morgan fingerprint density at radius 1 is 1.28 bits per heavy atom. The standard InChI is InChI=1S/C14H16N2O2/c1-10(16-18-13(17)14(2,3)4)12-7-5-11(9-15)6-8-12/h5-8H,1-4H3/b16-10+. The molecule has 1 rings (SSSR count). The first-order valence-corrected chi connectivity index (χ1v) is 5.61. The van der Waals surface area contributed by atoms with E-state index in [2.05, 4.69) is 5.16 Å². The van der Waals surface area contributed by atoms with Gasteiger partial charge >= 0.3 is 5.97 Å². The van der Waals surface area contributed by atoms with Gasteiger partial charge in [-0.3, -0.25) is 0 Å². The Hall–Kier alpha value is -2.15. The summed E-state index contributed by atoms with van der Waals surface area (Å²) in [6, 6.07) is 8.96. The highest BCUT2D eigenvalue weighted by Gasteiger charge is 2.23. The topological polar surface area (TPSA) is 62.4 Å². The van der Waals surface area contributed by atoms with Crippen molar-refractivity contribution in [2.75, 3.05) is 0 Å². The minimum Gasteiger partial charge on any atom is -0.317 e. The van der Waals surface area contributed by atoms with Gasteiger partial charge in [-0.15, -0.1) is 0 Å². The summed E-state index contributed by atoms with van der Waals surface area (Å²) in [6.07, 6.45) is 0. The van der Waals surface area contributed by atoms with Crippen LogP contribution in [-0.4, -0.2) is 11.7 Å². The van der Waals surface area contributed by atoms with E-state index in [0.717, 1.165) is 5.56 Å². The van der Waals surface area contributed by atoms with E-state index in [4.69, 9.17) is 10.1 Å². The number of nitrogens with zero attached hydrogens (tertiary/aromatic N) is 2. The first-order chi connectivity index (χ1) is 8.34. The normalized spacial score (nSPS) is 11.8. The number of carbonyl (C=O) groups is 1. The van der Waals surface area contributed by atoms with Crippen molar-refractivity contribution < 1.29 is 9.63 Å². The second kappa shape index (κ2) is 5.46. The van der Waals surface area contributed by atoms with Crippen LogP contribution >= 0.6 is 0 Å². The lowest BCUT2D eigenvalue weighted by Gasteiger charge is -2.13. The molecule has 0 spiro atoms. The van der Waals surface area contributed by atoms with Crippen LogP contribution in [0.4, 0.5) is 0 Å². The van der Waals surface area contributed by atoms with E-state index in [1.54, 1.807) is 52.0 Å². The molecule has 4 nitrogen and oxygen atoms in total. The fraction of sp³-hybridized carbons (Fsp3) is 0.357. The zero-order valence-electron chi connectivity index (χ0n) is 11.0. The molecule has 1 aromatic carbocycles. The van der Waals surface area contributed by atoms with Gasteiger partial charge in [-0.25, -0.2) is 4.79 Å². The highest BCUT2D eigenvalue weighted by molar-refractivity contribution is 5.98. The molecule has 0 saturated carbocycles. The van der Waals surface area contributed by atoms with Crippen molar-refractivity contribution in [1.29, 1.82) is 5.26 Å². The van der Waals surface area contributed by atoms with E-state index in [-0.39, 0.29) is 5.97 Å². The van der Waals surface area contributed by atoms with E-state index in [1.807, 2.05) is 6.07 Å². The Balaban J connectivity index is 2.78. The van der Waals surface area contributed by atoms with Crippen molar-refractivity contribution >= 4 is 11.7 Å². The van der Waals surface area contributed by atoms with Gasteiger partial charge in [-0.1, -0.05) is 17.3 Å². The van der Waals surface area contributed by atoms with Gasteiger partial charge in [0.1, 0.15) is 0 Å². The summed E-state index contributed by atoms with van der Waals surface area (Å²) in [5.41, 5.74) is 1.42. The maximum absolute atomic E-state index is 11.5. The van der Waals surface area contributed by atoms with Gasteiger partial charge < -0.3 is 4.84 Å². The number of oxime groups is 1. The number of nitriles is 1. The Labute approximate surface area is 107 Å². The van der Waals surface area contributed by atoms with Crippen molar-refractivity contribution in [3.05, 3.63) is 35.4 Å². The molecule has 0 unspecified atom stereocenters. The SMILES string of the molecule is C/C(=N\OC(=O)C(C)(C)C)c1ccc(C#N)cc1. The van der Waals surface area contributed by atoms with Crippen LogP contribution in [0, 0.1) is 16.7 Å². The van der Waals surface area contributed by atoms with Crippen LogP contribution in [0.25, 0.3) is 0 Å². The molecule has 0 saturated heterocycles. The number of rotatable bonds is 2. The Bertz CT molecular complexity index is 502. The Kier molecular flexibility index (Phi) is 4.22. The van der Waals surface area contributed by atoms with Gasteiger partial charge in [0.15, 0.2) is 0 Å². The molecule has 0 bridgehead atoms. The third-order valence-electron chi connectivity index (χ3n) is 2.31. The maximum atomic E-state index is 11.5. The summed E-state index contributed by atoms with van der Waals surface area (Å²) in [5, 5.41) is 12.5. The smallest absolute Gasteiger partial charge is 0.317 e. The average molecular weight is 244 g/mol. The van der Waals surface area contributed by atoms with Gasteiger partial charge in [0.2, 0.25) is 0 Å². The van der Waals surface area contributed by atoms with Crippen molar-refractivity contribution in [1.82, 2.24) is 0 Å². The molecule has 0 aliphatic rings. The highest BCUT2D eigenvalue weighted by atomic mass is 16.7. The molecule has 94 valence electrons. The number of hydrogen-bond donors (Lipinski definition) is 0. The predicted molar refractivity (Wildman–Crippen MR) is 68.9 cm³/mol. The third kappa shape index (κ3) is 3.70. The Morgan fingerprint density at radius 2 is 1.83 bits per heavy atom. The van der Waals surface area contributed by atoms with E-state index in [0.29, 0.717) is 11.3 Å². The van der Waals surface area contributed by atoms with Crippen LogP contribution in [-0.2, 0) is 9.63 Å². The molecule has 0 heterocycles. The lowest BCUT2D eigenvalue weighted by molar-refractivity contribution is -0.152. The number of hydrogen-bond acceptors (Lipinski definition) is 4. The minimum atomic E-state index is -0.575. The van der Waals surface area contributed by atoms with Crippen LogP contribution in [0.1, 0.15) is 38.8 Å². The van der Waals surface area contributed by atoms with Gasteiger partial charge in [0.05, 0.1) is 22.8 Å². The van der Waals surface area contributed by atoms with E-state index in [9.17, 15) is 4.79 Å². The Morgan fingerprint density at radius 3 is 2.28 bits per heavy atom. The minimum absolute atomic E-state index is 0.379. The van der Waals surface area contributed by atoms with Gasteiger partial charge in [0, 0.05) is 0 Å². The summed E-state index contributed by atoms with van der Waals surface area (Å²) in [5.74, 6) is -0.379. The summed E-state index contributed by atoms with van der Waals surface area (Å²) in [4.78, 5) is 16.4. The van der Waals surface area contributed by atoms with Gasteiger partial charge in [0.25, 0.3) is 0 Å². The summed E-state index contributed by atoms with van der Waals surface area (Å²) < 4.78 is 0. The average Bonchev–Trinajstić information content (AvgIpc) is 2.34. The van der Waals surface area contributed by atoms with Gasteiger partial charge in [-0.2, -0.15) is 5.26 Å². The molecule has 0 amide bonds. The third-order valence-corrected chi connectivity index (χ3v) is 2.31. The number of carbonyl (C=O) groups excluding carboxylic acids is 1. The van der Waals surface area contributed by atoms with Crippen LogP contribution in [0.3, 0.4) is 0 Å². The molecule has 0 radical (unpaired) electrons. The molecule has 0 N–H and O–H groups in total. The van der Waals surface area contributed by atoms with Gasteiger partial charge in [-0.05, 0) is 45.4 Å². The molecular formula is C14H16N2O2. The molecular weight excluding hydrogens is 228 g/mol. The number of benzene rings is 1. The lowest BCUT2D eigenvalue weighted by atomic mass is 9.98. The highest BCUT2D eigenvalue weighted by Crippen LogP contribution is 2.15. The molecule has 0 aliphatic carbocycles. The quantitative estimate of drug-likeness (QED) is 0.456. The van der Waals surface area contributed by atoms with Crippen molar-refractivity contribution in [3.63, 3.8) is 0 Å². The van der Waals surface area contributed by atoms with E-state index in [1.165, 1.54) is 0 Å². The monoisotopic (exact) mass is 244 g/mol. The maximum Gasteiger partial charge on any atom is 0.340 e. The lowest BCUT2D eigenvalue weighted by Crippen LogP contribution is -2.21. The zero-order chi connectivity index (χ0) is 13.8. The first kappa shape index (κ1) is 13.9. The largest absolute Gasteiger partial charge is 0.340 e. The molecule has 18 heavy (non-hydrogen) atoms. The van der Waals surface area contributed by atoms with Crippen LogP contribution in [0.15, 0.2) is 29.4 Å². The fourth-order valence-electron chi connectivity index (χ4n) is 1.09. The van der Waals surface area contributed by atoms with Crippen molar-refractivity contribution in [2.45, 2.75) is 27.7 Å². The summed E-state index contributed by atoms with van der Waals surface area (Å²) >= 11 is 0.